The van der Waals surface area contributed by atoms with E-state index in [0.29, 0.717) is 0 Å². The summed E-state index contributed by atoms with van der Waals surface area (Å²) in [4.78, 5) is 17.3. The lowest BCUT2D eigenvalue weighted by Gasteiger charge is -2.35. The van der Waals surface area contributed by atoms with Gasteiger partial charge in [0.15, 0.2) is 0 Å². The van der Waals surface area contributed by atoms with Gasteiger partial charge in [0.05, 0.1) is 23.7 Å². The monoisotopic (exact) mass is 330 g/mol. The van der Waals surface area contributed by atoms with Gasteiger partial charge in [-0.1, -0.05) is 5.21 Å². The first kappa shape index (κ1) is 14.9. The van der Waals surface area contributed by atoms with E-state index in [1.807, 2.05) is 16.9 Å². The van der Waals surface area contributed by atoms with Crippen LogP contribution in [0.1, 0.15) is 46.7 Å². The summed E-state index contributed by atoms with van der Waals surface area (Å²) in [6.45, 7) is 1.60. The average Bonchev–Trinajstić information content (AvgIpc) is 3.03. The number of hydrogen-bond donors (Lipinski definition) is 0. The molecule has 5 nitrogen and oxygen atoms in total. The zero-order valence-electron chi connectivity index (χ0n) is 13.2. The number of amides is 1. The summed E-state index contributed by atoms with van der Waals surface area (Å²) in [5.74, 6) is 1.06. The first-order valence-corrected chi connectivity index (χ1v) is 9.35. The van der Waals surface area contributed by atoms with E-state index in [1.54, 1.807) is 17.5 Å². The summed E-state index contributed by atoms with van der Waals surface area (Å²) in [5.41, 5.74) is 0. The Morgan fingerprint density at radius 2 is 2.17 bits per heavy atom. The Balaban J connectivity index is 1.46. The van der Waals surface area contributed by atoms with E-state index in [1.165, 1.54) is 24.1 Å². The molecular weight excluding hydrogens is 308 g/mol. The smallest absolute Gasteiger partial charge is 0.264 e. The SMILES string of the molecule is O=C(c1ccc(CC2CC2)s1)N1CCCCC1Cn1ccnn1. The zero-order chi connectivity index (χ0) is 15.6. The maximum atomic E-state index is 12.9. The molecule has 3 heterocycles. The predicted octanol–water partition coefficient (Wildman–Crippen LogP) is 2.99. The van der Waals surface area contributed by atoms with Crippen molar-refractivity contribution in [2.75, 3.05) is 6.54 Å². The quantitative estimate of drug-likeness (QED) is 0.847. The summed E-state index contributed by atoms with van der Waals surface area (Å²) < 4.78 is 1.84. The van der Waals surface area contributed by atoms with Crippen molar-refractivity contribution < 1.29 is 4.79 Å². The minimum absolute atomic E-state index is 0.196. The van der Waals surface area contributed by atoms with Gasteiger partial charge >= 0.3 is 0 Å². The molecule has 2 fully saturated rings. The molecule has 2 aromatic rings. The van der Waals surface area contributed by atoms with Crippen LogP contribution in [0.3, 0.4) is 0 Å². The molecule has 122 valence electrons. The standard InChI is InChI=1S/C17H22N4OS/c22-17(16-7-6-15(23-16)11-13-4-5-13)21-9-2-1-3-14(21)12-20-10-8-18-19-20/h6-8,10,13-14H,1-5,9,11-12H2. The van der Waals surface area contributed by atoms with Crippen molar-refractivity contribution in [1.29, 1.82) is 0 Å². The fourth-order valence-corrected chi connectivity index (χ4v) is 4.43. The number of aromatic nitrogens is 3. The van der Waals surface area contributed by atoms with Crippen LogP contribution in [0.5, 0.6) is 0 Å². The van der Waals surface area contributed by atoms with Crippen molar-refractivity contribution in [3.8, 4) is 0 Å². The fraction of sp³-hybridized carbons (Fsp3) is 0.588. The van der Waals surface area contributed by atoms with Gasteiger partial charge in [-0.25, -0.2) is 0 Å². The van der Waals surface area contributed by atoms with Gasteiger partial charge in [0.25, 0.3) is 5.91 Å². The summed E-state index contributed by atoms with van der Waals surface area (Å²) in [6, 6.07) is 4.39. The van der Waals surface area contributed by atoms with Gasteiger partial charge in [-0.2, -0.15) is 0 Å². The van der Waals surface area contributed by atoms with Crippen LogP contribution in [-0.2, 0) is 13.0 Å². The molecule has 1 aliphatic carbocycles. The van der Waals surface area contributed by atoms with Crippen LogP contribution < -0.4 is 0 Å². The van der Waals surface area contributed by atoms with Crippen LogP contribution in [0.4, 0.5) is 0 Å². The van der Waals surface area contributed by atoms with E-state index >= 15 is 0 Å². The van der Waals surface area contributed by atoms with Gasteiger partial charge < -0.3 is 4.90 Å². The second-order valence-corrected chi connectivity index (χ2v) is 7.86. The summed E-state index contributed by atoms with van der Waals surface area (Å²) in [7, 11) is 0. The van der Waals surface area contributed by atoms with E-state index in [-0.39, 0.29) is 11.9 Å². The van der Waals surface area contributed by atoms with Gasteiger partial charge in [0, 0.05) is 17.6 Å². The minimum Gasteiger partial charge on any atom is -0.333 e. The number of hydrogen-bond acceptors (Lipinski definition) is 4. The van der Waals surface area contributed by atoms with Crippen LogP contribution in [0.2, 0.25) is 0 Å². The Kier molecular flexibility index (Phi) is 4.16. The lowest BCUT2D eigenvalue weighted by molar-refractivity contribution is 0.0588. The Morgan fingerprint density at radius 1 is 1.26 bits per heavy atom. The van der Waals surface area contributed by atoms with Crippen molar-refractivity contribution in [1.82, 2.24) is 19.9 Å². The molecule has 1 unspecified atom stereocenters. The fourth-order valence-electron chi connectivity index (χ4n) is 3.35. The highest BCUT2D eigenvalue weighted by molar-refractivity contribution is 7.14. The maximum Gasteiger partial charge on any atom is 0.264 e. The Hall–Kier alpha value is -1.69. The molecule has 0 radical (unpaired) electrons. The van der Waals surface area contributed by atoms with Crippen LogP contribution in [-0.4, -0.2) is 38.4 Å². The van der Waals surface area contributed by atoms with Crippen molar-refractivity contribution >= 4 is 17.2 Å². The van der Waals surface area contributed by atoms with Crippen LogP contribution in [0, 0.1) is 5.92 Å². The number of piperidine rings is 1. The van der Waals surface area contributed by atoms with E-state index in [2.05, 4.69) is 21.3 Å². The van der Waals surface area contributed by atoms with Crippen molar-refractivity contribution in [2.45, 2.75) is 51.1 Å². The van der Waals surface area contributed by atoms with E-state index in [4.69, 9.17) is 0 Å². The number of nitrogens with zero attached hydrogens (tertiary/aromatic N) is 4. The normalized spacial score (nSPS) is 21.6. The predicted molar refractivity (Wildman–Crippen MR) is 89.4 cm³/mol. The molecule has 0 N–H and O–H groups in total. The number of rotatable bonds is 5. The highest BCUT2D eigenvalue weighted by Gasteiger charge is 2.29. The first-order chi connectivity index (χ1) is 11.3. The number of thiophene rings is 1. The largest absolute Gasteiger partial charge is 0.333 e. The molecule has 2 aromatic heterocycles. The lowest BCUT2D eigenvalue weighted by Crippen LogP contribution is -2.45. The molecule has 6 heteroatoms. The van der Waals surface area contributed by atoms with Crippen molar-refractivity contribution in [2.24, 2.45) is 5.92 Å². The molecule has 0 aromatic carbocycles. The number of carbonyl (C=O) groups is 1. The third-order valence-electron chi connectivity index (χ3n) is 4.82. The molecular formula is C17H22N4OS. The topological polar surface area (TPSA) is 51.0 Å². The Labute approximate surface area is 140 Å². The van der Waals surface area contributed by atoms with Gasteiger partial charge in [-0.05, 0) is 56.6 Å². The summed E-state index contributed by atoms with van der Waals surface area (Å²) in [6.07, 6.45) is 10.8. The van der Waals surface area contributed by atoms with Crippen LogP contribution in [0.25, 0.3) is 0 Å². The first-order valence-electron chi connectivity index (χ1n) is 8.53. The molecule has 1 atom stereocenters. The zero-order valence-corrected chi connectivity index (χ0v) is 14.0. The van der Waals surface area contributed by atoms with E-state index in [0.717, 1.165) is 43.1 Å². The molecule has 1 amide bonds. The van der Waals surface area contributed by atoms with Crippen LogP contribution in [0.15, 0.2) is 24.5 Å². The molecule has 1 saturated carbocycles. The summed E-state index contributed by atoms with van der Waals surface area (Å²) >= 11 is 1.69. The Morgan fingerprint density at radius 3 is 2.96 bits per heavy atom. The molecule has 4 rings (SSSR count). The number of carbonyl (C=O) groups excluding carboxylic acids is 1. The minimum atomic E-state index is 0.196. The third-order valence-corrected chi connectivity index (χ3v) is 5.91. The summed E-state index contributed by atoms with van der Waals surface area (Å²) in [5, 5.41) is 7.92. The second kappa shape index (κ2) is 6.43. The number of likely N-dealkylation sites (tertiary alicyclic amines) is 1. The van der Waals surface area contributed by atoms with Gasteiger partial charge in [-0.15, -0.1) is 16.4 Å². The molecule has 1 aliphatic heterocycles. The van der Waals surface area contributed by atoms with Gasteiger partial charge in [0.2, 0.25) is 0 Å². The maximum absolute atomic E-state index is 12.9. The van der Waals surface area contributed by atoms with Crippen molar-refractivity contribution in [3.63, 3.8) is 0 Å². The van der Waals surface area contributed by atoms with Crippen molar-refractivity contribution in [3.05, 3.63) is 34.3 Å². The van der Waals surface area contributed by atoms with Gasteiger partial charge in [0.1, 0.15) is 0 Å². The molecule has 0 spiro atoms. The molecule has 1 saturated heterocycles. The molecule has 0 bridgehead atoms. The lowest BCUT2D eigenvalue weighted by atomic mass is 10.0. The second-order valence-electron chi connectivity index (χ2n) is 6.69. The third kappa shape index (κ3) is 3.47. The Bertz CT molecular complexity index is 662. The average molecular weight is 330 g/mol. The highest BCUT2D eigenvalue weighted by atomic mass is 32.1. The molecule has 2 aliphatic rings. The van der Waals surface area contributed by atoms with E-state index < -0.39 is 0 Å². The van der Waals surface area contributed by atoms with Crippen LogP contribution >= 0.6 is 11.3 Å². The highest BCUT2D eigenvalue weighted by Crippen LogP contribution is 2.35. The molecule has 23 heavy (non-hydrogen) atoms. The van der Waals surface area contributed by atoms with E-state index in [9.17, 15) is 4.79 Å². The van der Waals surface area contributed by atoms with Gasteiger partial charge in [-0.3, -0.25) is 9.48 Å².